The van der Waals surface area contributed by atoms with E-state index in [1.807, 2.05) is 18.8 Å². The van der Waals surface area contributed by atoms with E-state index in [0.29, 0.717) is 6.04 Å². The summed E-state index contributed by atoms with van der Waals surface area (Å²) in [5, 5.41) is 11.8. The standard InChI is InChI=1S/C19H36N6/c1-6-11-25-12-9-15(10-13-25)22-19(20-4)21-14-16-17(7-2)23-24(5)18(16)8-3/h15H,6-14H2,1-5H3,(H2,20,21,22). The molecule has 142 valence electrons. The second-order valence-corrected chi connectivity index (χ2v) is 6.89. The van der Waals surface area contributed by atoms with Gasteiger partial charge in [0.25, 0.3) is 0 Å². The van der Waals surface area contributed by atoms with Crippen LogP contribution in [0.15, 0.2) is 4.99 Å². The summed E-state index contributed by atoms with van der Waals surface area (Å²) >= 11 is 0. The van der Waals surface area contributed by atoms with E-state index in [1.54, 1.807) is 0 Å². The predicted octanol–water partition coefficient (Wildman–Crippen LogP) is 2.08. The number of hydrogen-bond acceptors (Lipinski definition) is 3. The zero-order valence-electron chi connectivity index (χ0n) is 16.7. The van der Waals surface area contributed by atoms with Gasteiger partial charge in [-0.15, -0.1) is 0 Å². The molecule has 25 heavy (non-hydrogen) atoms. The van der Waals surface area contributed by atoms with Gasteiger partial charge in [-0.05, 0) is 38.6 Å². The molecule has 2 rings (SSSR count). The molecule has 0 saturated carbocycles. The first-order chi connectivity index (χ1) is 12.1. The zero-order chi connectivity index (χ0) is 18.2. The number of aromatic nitrogens is 2. The largest absolute Gasteiger partial charge is 0.354 e. The maximum atomic E-state index is 4.66. The van der Waals surface area contributed by atoms with Crippen molar-refractivity contribution >= 4 is 5.96 Å². The Kier molecular flexibility index (Phi) is 7.75. The number of nitrogens with one attached hydrogen (secondary N) is 2. The third kappa shape index (κ3) is 5.21. The number of rotatable bonds is 7. The minimum Gasteiger partial charge on any atom is -0.354 e. The van der Waals surface area contributed by atoms with Gasteiger partial charge < -0.3 is 15.5 Å². The van der Waals surface area contributed by atoms with Crippen LogP contribution in [-0.2, 0) is 26.4 Å². The molecule has 0 spiro atoms. The highest BCUT2D eigenvalue weighted by Crippen LogP contribution is 2.15. The SMILES string of the molecule is CCCN1CCC(NC(=NC)NCc2c(CC)nn(C)c2CC)CC1. The maximum absolute atomic E-state index is 4.66. The van der Waals surface area contributed by atoms with Crippen molar-refractivity contribution in [2.24, 2.45) is 12.0 Å². The summed E-state index contributed by atoms with van der Waals surface area (Å²) in [5.74, 6) is 0.905. The van der Waals surface area contributed by atoms with Crippen LogP contribution in [-0.4, -0.2) is 53.4 Å². The molecular formula is C19H36N6. The fourth-order valence-electron chi connectivity index (χ4n) is 3.77. The van der Waals surface area contributed by atoms with E-state index in [1.165, 1.54) is 55.8 Å². The summed E-state index contributed by atoms with van der Waals surface area (Å²) in [7, 11) is 3.89. The molecule has 2 N–H and O–H groups in total. The first kappa shape index (κ1) is 19.8. The fraction of sp³-hybridized carbons (Fsp3) is 0.789. The second kappa shape index (κ2) is 9.80. The molecule has 1 aliphatic rings. The lowest BCUT2D eigenvalue weighted by Gasteiger charge is -2.32. The number of likely N-dealkylation sites (tertiary alicyclic amines) is 1. The molecule has 0 atom stereocenters. The van der Waals surface area contributed by atoms with Crippen molar-refractivity contribution in [1.82, 2.24) is 25.3 Å². The van der Waals surface area contributed by atoms with Gasteiger partial charge in [0.1, 0.15) is 0 Å². The van der Waals surface area contributed by atoms with Crippen LogP contribution in [0.1, 0.15) is 57.0 Å². The second-order valence-electron chi connectivity index (χ2n) is 6.89. The van der Waals surface area contributed by atoms with E-state index < -0.39 is 0 Å². The van der Waals surface area contributed by atoms with Crippen LogP contribution in [0.2, 0.25) is 0 Å². The highest BCUT2D eigenvalue weighted by molar-refractivity contribution is 5.80. The molecule has 1 aliphatic heterocycles. The van der Waals surface area contributed by atoms with E-state index in [0.717, 1.165) is 25.3 Å². The Labute approximate surface area is 153 Å². The van der Waals surface area contributed by atoms with Crippen LogP contribution in [0.25, 0.3) is 0 Å². The topological polar surface area (TPSA) is 57.5 Å². The minimum absolute atomic E-state index is 0.518. The van der Waals surface area contributed by atoms with E-state index >= 15 is 0 Å². The smallest absolute Gasteiger partial charge is 0.191 e. The van der Waals surface area contributed by atoms with Gasteiger partial charge in [-0.2, -0.15) is 5.10 Å². The fourth-order valence-corrected chi connectivity index (χ4v) is 3.77. The third-order valence-corrected chi connectivity index (χ3v) is 5.15. The van der Waals surface area contributed by atoms with Gasteiger partial charge in [-0.3, -0.25) is 9.67 Å². The minimum atomic E-state index is 0.518. The van der Waals surface area contributed by atoms with Crippen LogP contribution in [0.5, 0.6) is 0 Å². The molecule has 1 fully saturated rings. The molecule has 0 unspecified atom stereocenters. The molecule has 6 heteroatoms. The Morgan fingerprint density at radius 1 is 1.20 bits per heavy atom. The molecule has 0 aromatic carbocycles. The lowest BCUT2D eigenvalue weighted by Crippen LogP contribution is -2.48. The van der Waals surface area contributed by atoms with Crippen molar-refractivity contribution in [3.05, 3.63) is 17.0 Å². The Balaban J connectivity index is 1.89. The Morgan fingerprint density at radius 3 is 2.48 bits per heavy atom. The van der Waals surface area contributed by atoms with Gasteiger partial charge in [-0.25, -0.2) is 0 Å². The van der Waals surface area contributed by atoms with Gasteiger partial charge >= 0.3 is 0 Å². The van der Waals surface area contributed by atoms with Crippen molar-refractivity contribution in [1.29, 1.82) is 0 Å². The maximum Gasteiger partial charge on any atom is 0.191 e. The molecule has 1 saturated heterocycles. The lowest BCUT2D eigenvalue weighted by atomic mass is 10.1. The number of aliphatic imine (C=N–C) groups is 1. The number of guanidine groups is 1. The van der Waals surface area contributed by atoms with E-state index in [9.17, 15) is 0 Å². The van der Waals surface area contributed by atoms with Crippen LogP contribution in [0.3, 0.4) is 0 Å². The van der Waals surface area contributed by atoms with Gasteiger partial charge in [0.2, 0.25) is 0 Å². The first-order valence-electron chi connectivity index (χ1n) is 9.85. The average Bonchev–Trinajstić information content (AvgIpc) is 2.94. The van der Waals surface area contributed by atoms with Crippen molar-refractivity contribution in [2.75, 3.05) is 26.7 Å². The first-order valence-corrected chi connectivity index (χ1v) is 9.85. The van der Waals surface area contributed by atoms with Gasteiger partial charge in [-0.1, -0.05) is 20.8 Å². The van der Waals surface area contributed by atoms with Crippen molar-refractivity contribution in [3.63, 3.8) is 0 Å². The highest BCUT2D eigenvalue weighted by atomic mass is 15.3. The Hall–Kier alpha value is -1.56. The van der Waals surface area contributed by atoms with Crippen LogP contribution in [0, 0.1) is 0 Å². The monoisotopic (exact) mass is 348 g/mol. The summed E-state index contributed by atoms with van der Waals surface area (Å²) < 4.78 is 2.02. The number of hydrogen-bond donors (Lipinski definition) is 2. The molecule has 6 nitrogen and oxygen atoms in total. The molecule has 0 aliphatic carbocycles. The molecule has 0 amide bonds. The van der Waals surface area contributed by atoms with Crippen LogP contribution >= 0.6 is 0 Å². The molecule has 2 heterocycles. The highest BCUT2D eigenvalue weighted by Gasteiger charge is 2.20. The summed E-state index contributed by atoms with van der Waals surface area (Å²) in [6.07, 6.45) is 5.59. The third-order valence-electron chi connectivity index (χ3n) is 5.15. The van der Waals surface area contributed by atoms with Gasteiger partial charge in [0.05, 0.1) is 5.69 Å². The Morgan fingerprint density at radius 2 is 1.92 bits per heavy atom. The lowest BCUT2D eigenvalue weighted by molar-refractivity contribution is 0.206. The van der Waals surface area contributed by atoms with Crippen molar-refractivity contribution in [3.8, 4) is 0 Å². The summed E-state index contributed by atoms with van der Waals surface area (Å²) in [5.41, 5.74) is 3.83. The molecule has 0 bridgehead atoms. The van der Waals surface area contributed by atoms with Crippen LogP contribution in [0.4, 0.5) is 0 Å². The Bertz CT molecular complexity index is 555. The zero-order valence-corrected chi connectivity index (χ0v) is 16.7. The predicted molar refractivity (Wildman–Crippen MR) is 105 cm³/mol. The molecule has 1 aromatic heterocycles. The number of piperidine rings is 1. The normalized spacial score (nSPS) is 17.1. The van der Waals surface area contributed by atoms with Crippen molar-refractivity contribution in [2.45, 2.75) is 65.5 Å². The van der Waals surface area contributed by atoms with Gasteiger partial charge in [0.15, 0.2) is 5.96 Å². The summed E-state index contributed by atoms with van der Waals surface area (Å²) in [6.45, 7) is 11.0. The summed E-state index contributed by atoms with van der Waals surface area (Å²) in [4.78, 5) is 6.98. The van der Waals surface area contributed by atoms with E-state index in [4.69, 9.17) is 0 Å². The molecule has 1 aromatic rings. The number of nitrogens with zero attached hydrogens (tertiary/aromatic N) is 4. The average molecular weight is 349 g/mol. The van der Waals surface area contributed by atoms with Crippen LogP contribution < -0.4 is 10.6 Å². The molecular weight excluding hydrogens is 312 g/mol. The number of aryl methyl sites for hydroxylation is 2. The van der Waals surface area contributed by atoms with Gasteiger partial charge in [0, 0.05) is 51.0 Å². The van der Waals surface area contributed by atoms with Crippen molar-refractivity contribution < 1.29 is 0 Å². The van der Waals surface area contributed by atoms with E-state index in [-0.39, 0.29) is 0 Å². The molecule has 0 radical (unpaired) electrons. The van der Waals surface area contributed by atoms with E-state index in [2.05, 4.69) is 46.4 Å². The summed E-state index contributed by atoms with van der Waals surface area (Å²) in [6, 6.07) is 0.518. The quantitative estimate of drug-likeness (QED) is 0.585.